The molecule has 2 rings (SSSR count). The summed E-state index contributed by atoms with van der Waals surface area (Å²) < 4.78 is 85.8. The standard InChI is InChI=1S/C23H30F6N6O8/c1-42-12-15-14(36)10-17(43-15)35-11-13(18(38)33-21(35)41)2-3-16(37)30-4-7-34(8-5-31-19(39)22(24,25)26)9-6-32-20(40)23(27,28)29/h2-3,11,14-15,17,36H,4-10,12H2,1H3,(H,30,37)(H,31,39)(H,32,40)(H,33,38,41)/b3-2+. The van der Waals surface area contributed by atoms with Crippen LogP contribution in [0.1, 0.15) is 18.2 Å². The van der Waals surface area contributed by atoms with Gasteiger partial charge in [-0.3, -0.25) is 33.6 Å². The summed E-state index contributed by atoms with van der Waals surface area (Å²) in [4.78, 5) is 62.0. The number of hydrogen-bond acceptors (Lipinski definition) is 9. The molecule has 1 aliphatic rings. The van der Waals surface area contributed by atoms with E-state index in [0.717, 1.165) is 22.9 Å². The second-order valence-electron chi connectivity index (χ2n) is 9.11. The Morgan fingerprint density at radius 3 is 2.09 bits per heavy atom. The summed E-state index contributed by atoms with van der Waals surface area (Å²) in [5.74, 6) is -5.19. The Balaban J connectivity index is 1.97. The molecule has 0 radical (unpaired) electrons. The third-order valence-corrected chi connectivity index (χ3v) is 5.92. The van der Waals surface area contributed by atoms with Crippen molar-refractivity contribution in [3.63, 3.8) is 0 Å². The van der Waals surface area contributed by atoms with Gasteiger partial charge < -0.3 is 30.5 Å². The maximum absolute atomic E-state index is 12.4. The van der Waals surface area contributed by atoms with Gasteiger partial charge in [-0.2, -0.15) is 26.3 Å². The monoisotopic (exact) mass is 632 g/mol. The van der Waals surface area contributed by atoms with Crippen LogP contribution in [-0.4, -0.2) is 115 Å². The Kier molecular flexibility index (Phi) is 12.9. The number of nitrogens with zero attached hydrogens (tertiary/aromatic N) is 2. The van der Waals surface area contributed by atoms with E-state index in [-0.39, 0.29) is 44.8 Å². The predicted octanol–water partition coefficient (Wildman–Crippen LogP) is -1.38. The van der Waals surface area contributed by atoms with Gasteiger partial charge in [-0.15, -0.1) is 0 Å². The summed E-state index contributed by atoms with van der Waals surface area (Å²) in [5, 5.41) is 15.7. The Morgan fingerprint density at radius 2 is 1.58 bits per heavy atom. The Bertz CT molecular complexity index is 1230. The van der Waals surface area contributed by atoms with E-state index < -0.39 is 72.8 Å². The van der Waals surface area contributed by atoms with Crippen LogP contribution in [-0.2, 0) is 23.9 Å². The van der Waals surface area contributed by atoms with Crippen LogP contribution >= 0.6 is 0 Å². The summed E-state index contributed by atoms with van der Waals surface area (Å²) in [6, 6.07) is 0. The zero-order valence-corrected chi connectivity index (χ0v) is 22.6. The summed E-state index contributed by atoms with van der Waals surface area (Å²) in [6.45, 7) is -1.83. The van der Waals surface area contributed by atoms with Crippen LogP contribution in [0.4, 0.5) is 26.3 Å². The number of H-pyrrole nitrogens is 1. The molecule has 0 saturated carbocycles. The van der Waals surface area contributed by atoms with Crippen molar-refractivity contribution < 1.29 is 55.3 Å². The topological polar surface area (TPSA) is 184 Å². The van der Waals surface area contributed by atoms with Crippen molar-refractivity contribution in [1.82, 2.24) is 30.4 Å². The zero-order valence-electron chi connectivity index (χ0n) is 22.6. The highest BCUT2D eigenvalue weighted by atomic mass is 19.4. The highest BCUT2D eigenvalue weighted by Gasteiger charge is 2.39. The lowest BCUT2D eigenvalue weighted by Gasteiger charge is -2.23. The van der Waals surface area contributed by atoms with E-state index in [1.165, 1.54) is 12.0 Å². The minimum absolute atomic E-state index is 0.0277. The fourth-order valence-electron chi connectivity index (χ4n) is 3.79. The predicted molar refractivity (Wildman–Crippen MR) is 134 cm³/mol. The number of aliphatic hydroxyl groups excluding tert-OH is 1. The number of carbonyl (C=O) groups excluding carboxylic acids is 3. The van der Waals surface area contributed by atoms with Crippen LogP contribution in [0.25, 0.3) is 6.08 Å². The van der Waals surface area contributed by atoms with Crippen LogP contribution in [0.3, 0.4) is 0 Å². The number of alkyl halides is 6. The first kappa shape index (κ1) is 35.4. The highest BCUT2D eigenvalue weighted by molar-refractivity contribution is 5.91. The number of nitrogens with one attached hydrogen (secondary N) is 4. The molecule has 43 heavy (non-hydrogen) atoms. The molecule has 1 saturated heterocycles. The Labute approximate surface area is 239 Å². The summed E-state index contributed by atoms with van der Waals surface area (Å²) in [6.07, 6.45) is -9.67. The zero-order chi connectivity index (χ0) is 32.4. The lowest BCUT2D eigenvalue weighted by molar-refractivity contribution is -0.173. The molecule has 20 heteroatoms. The van der Waals surface area contributed by atoms with Crippen molar-refractivity contribution in [3.8, 4) is 0 Å². The molecule has 0 bridgehead atoms. The van der Waals surface area contributed by atoms with Crippen molar-refractivity contribution in [3.05, 3.63) is 38.7 Å². The molecule has 3 unspecified atom stereocenters. The number of aromatic amines is 1. The lowest BCUT2D eigenvalue weighted by atomic mass is 10.2. The number of methoxy groups -OCH3 is 1. The minimum Gasteiger partial charge on any atom is -0.390 e. The van der Waals surface area contributed by atoms with Crippen LogP contribution in [0.2, 0.25) is 0 Å². The highest BCUT2D eigenvalue weighted by Crippen LogP contribution is 2.27. The molecule has 0 aliphatic carbocycles. The quantitative estimate of drug-likeness (QED) is 0.122. The number of aromatic nitrogens is 2. The van der Waals surface area contributed by atoms with E-state index in [9.17, 15) is 55.4 Å². The van der Waals surface area contributed by atoms with Gasteiger partial charge in [0.1, 0.15) is 12.3 Å². The maximum Gasteiger partial charge on any atom is 0.471 e. The number of halogens is 6. The van der Waals surface area contributed by atoms with Crippen LogP contribution in [0, 0.1) is 0 Å². The summed E-state index contributed by atoms with van der Waals surface area (Å²) >= 11 is 0. The van der Waals surface area contributed by atoms with Gasteiger partial charge in [0.15, 0.2) is 0 Å². The van der Waals surface area contributed by atoms with Crippen molar-refractivity contribution in [2.45, 2.75) is 37.2 Å². The smallest absolute Gasteiger partial charge is 0.390 e. The van der Waals surface area contributed by atoms with Gasteiger partial charge in [0.25, 0.3) is 5.56 Å². The van der Waals surface area contributed by atoms with Gasteiger partial charge in [0.05, 0.1) is 18.3 Å². The Hall–Kier alpha value is -3.75. The second kappa shape index (κ2) is 15.6. The molecule has 242 valence electrons. The molecule has 2 heterocycles. The van der Waals surface area contributed by atoms with Gasteiger partial charge in [0, 0.05) is 65.1 Å². The van der Waals surface area contributed by atoms with Crippen molar-refractivity contribution >= 4 is 23.8 Å². The number of hydrogen-bond donors (Lipinski definition) is 5. The molecule has 14 nitrogen and oxygen atoms in total. The number of aliphatic hydroxyl groups is 1. The molecular weight excluding hydrogens is 602 g/mol. The Morgan fingerprint density at radius 1 is 1.05 bits per heavy atom. The molecule has 1 aromatic heterocycles. The molecule has 1 fully saturated rings. The molecule has 1 aliphatic heterocycles. The third kappa shape index (κ3) is 11.5. The summed E-state index contributed by atoms with van der Waals surface area (Å²) in [5.41, 5.74) is -1.77. The molecule has 0 aromatic carbocycles. The van der Waals surface area contributed by atoms with Gasteiger partial charge in [-0.05, 0) is 6.08 Å². The first-order chi connectivity index (χ1) is 20.0. The molecule has 0 spiro atoms. The second-order valence-corrected chi connectivity index (χ2v) is 9.11. The summed E-state index contributed by atoms with van der Waals surface area (Å²) in [7, 11) is 1.40. The molecule has 3 atom stereocenters. The number of rotatable bonds is 14. The van der Waals surface area contributed by atoms with E-state index >= 15 is 0 Å². The van der Waals surface area contributed by atoms with E-state index in [2.05, 4.69) is 10.3 Å². The van der Waals surface area contributed by atoms with Crippen molar-refractivity contribution in [2.24, 2.45) is 0 Å². The molecular formula is C23H30F6N6O8. The average Bonchev–Trinajstić information content (AvgIpc) is 3.26. The third-order valence-electron chi connectivity index (χ3n) is 5.92. The lowest BCUT2D eigenvalue weighted by Crippen LogP contribution is -2.46. The first-order valence-electron chi connectivity index (χ1n) is 12.6. The largest absolute Gasteiger partial charge is 0.471 e. The van der Waals surface area contributed by atoms with E-state index in [1.54, 1.807) is 10.6 Å². The molecule has 1 aromatic rings. The van der Waals surface area contributed by atoms with Crippen LogP contribution in [0.15, 0.2) is 21.9 Å². The molecule has 3 amide bonds. The fraction of sp³-hybridized carbons (Fsp3) is 0.609. The number of amides is 3. The maximum atomic E-state index is 12.4. The number of ether oxygens (including phenoxy) is 2. The molecule has 5 N–H and O–H groups in total. The van der Waals surface area contributed by atoms with Gasteiger partial charge in [0.2, 0.25) is 5.91 Å². The first-order valence-corrected chi connectivity index (χ1v) is 12.6. The van der Waals surface area contributed by atoms with E-state index in [4.69, 9.17) is 9.47 Å². The van der Waals surface area contributed by atoms with Crippen molar-refractivity contribution in [1.29, 1.82) is 0 Å². The van der Waals surface area contributed by atoms with Gasteiger partial charge >= 0.3 is 29.9 Å². The fourth-order valence-corrected chi connectivity index (χ4v) is 3.79. The van der Waals surface area contributed by atoms with Crippen LogP contribution < -0.4 is 27.2 Å². The van der Waals surface area contributed by atoms with E-state index in [0.29, 0.717) is 0 Å². The van der Waals surface area contributed by atoms with Gasteiger partial charge in [-0.1, -0.05) is 0 Å². The number of carbonyl (C=O) groups is 3. The average molecular weight is 633 g/mol. The van der Waals surface area contributed by atoms with E-state index in [1.807, 2.05) is 0 Å². The van der Waals surface area contributed by atoms with Crippen LogP contribution in [0.5, 0.6) is 0 Å². The minimum atomic E-state index is -5.14. The van der Waals surface area contributed by atoms with Gasteiger partial charge in [-0.25, -0.2) is 4.79 Å². The van der Waals surface area contributed by atoms with Crippen molar-refractivity contribution in [2.75, 3.05) is 53.0 Å². The SMILES string of the molecule is COCC1OC(n2cc(/C=C/C(=O)NCCN(CCNC(=O)C(F)(F)F)CCNC(=O)C(F)(F)F)c(=O)[nH]c2=O)CC1O. The normalized spacial score (nSPS) is 19.1.